The molecule has 2 N–H and O–H groups in total. The number of aliphatic carboxylic acids is 1. The Bertz CT molecular complexity index is 89.0. The van der Waals surface area contributed by atoms with Crippen LogP contribution in [0.3, 0.4) is 0 Å². The van der Waals surface area contributed by atoms with Crippen LogP contribution in [0.5, 0.6) is 0 Å². The van der Waals surface area contributed by atoms with Crippen LogP contribution in [0.1, 0.15) is 21.2 Å². The van der Waals surface area contributed by atoms with Crippen molar-refractivity contribution in [3.8, 4) is 0 Å². The minimum atomic E-state index is -1.17. The van der Waals surface area contributed by atoms with Gasteiger partial charge >= 0.3 is 35.5 Å². The molecule has 50 valence electrons. The number of carboxylic acids is 1. The van der Waals surface area contributed by atoms with Crippen molar-refractivity contribution in [2.24, 2.45) is 0 Å². The summed E-state index contributed by atoms with van der Waals surface area (Å²) in [4.78, 5) is 9.84. The van der Waals surface area contributed by atoms with E-state index in [4.69, 9.17) is 10.2 Å². The number of hydrogen-bond acceptors (Lipinski definition) is 2. The first kappa shape index (κ1) is 12.1. The van der Waals surface area contributed by atoms with E-state index in [2.05, 4.69) is 0 Å². The second-order valence-corrected chi connectivity index (χ2v) is 1.64. The van der Waals surface area contributed by atoms with E-state index in [0.29, 0.717) is 12.8 Å². The minimum Gasteiger partial charge on any atom is -1.00 e. The summed E-state index contributed by atoms with van der Waals surface area (Å²) in [6, 6.07) is 0. The third-order valence-electron chi connectivity index (χ3n) is 0.847. The maximum Gasteiger partial charge on any atom is 1.00 e. The summed E-state index contributed by atoms with van der Waals surface area (Å²) >= 11 is 0. The molecule has 0 aromatic rings. The summed E-state index contributed by atoms with van der Waals surface area (Å²) in [5, 5.41) is 16.6. The molecule has 0 aromatic heterocycles. The Morgan fingerprint density at radius 3 is 2.33 bits per heavy atom. The molecule has 0 aliphatic heterocycles. The molecule has 0 aromatic carbocycles. The van der Waals surface area contributed by atoms with Crippen molar-refractivity contribution in [1.29, 1.82) is 0 Å². The summed E-state index contributed by atoms with van der Waals surface area (Å²) < 4.78 is 0. The van der Waals surface area contributed by atoms with Crippen LogP contribution in [0.2, 0.25) is 0 Å². The summed E-state index contributed by atoms with van der Waals surface area (Å²) in [6.45, 7) is 1.83. The van der Waals surface area contributed by atoms with Crippen LogP contribution in [0.4, 0.5) is 0 Å². The van der Waals surface area contributed by atoms with E-state index in [1.165, 1.54) is 0 Å². The molecule has 3 nitrogen and oxygen atoms in total. The Kier molecular flexibility index (Phi) is 8.83. The van der Waals surface area contributed by atoms with Gasteiger partial charge in [0.1, 0.15) is 0 Å². The fourth-order valence-electron chi connectivity index (χ4n) is 0.397. The number of aliphatic hydroxyl groups is 1. The van der Waals surface area contributed by atoms with Crippen molar-refractivity contribution in [3.05, 3.63) is 0 Å². The zero-order chi connectivity index (χ0) is 6.57. The largest absolute Gasteiger partial charge is 1.00 e. The fourth-order valence-corrected chi connectivity index (χ4v) is 0.397. The van der Waals surface area contributed by atoms with Crippen LogP contribution in [-0.2, 0) is 4.79 Å². The molecule has 0 amide bonds. The maximum atomic E-state index is 9.84. The molecule has 1 unspecified atom stereocenters. The van der Waals surface area contributed by atoms with E-state index in [9.17, 15) is 4.79 Å². The molecular formula is C5H11NaO3. The first-order valence-corrected chi connectivity index (χ1v) is 2.59. The van der Waals surface area contributed by atoms with Crippen LogP contribution < -0.4 is 29.6 Å². The second-order valence-electron chi connectivity index (χ2n) is 1.64. The quantitative estimate of drug-likeness (QED) is 0.423. The van der Waals surface area contributed by atoms with Crippen molar-refractivity contribution in [2.75, 3.05) is 0 Å². The first-order chi connectivity index (χ1) is 3.68. The minimum absolute atomic E-state index is 0. The third kappa shape index (κ3) is 6.31. The van der Waals surface area contributed by atoms with Gasteiger partial charge in [0.2, 0.25) is 0 Å². The van der Waals surface area contributed by atoms with E-state index in [0.717, 1.165) is 0 Å². The molecule has 0 saturated carbocycles. The van der Waals surface area contributed by atoms with Gasteiger partial charge in [-0.3, -0.25) is 0 Å². The number of rotatable bonds is 3. The van der Waals surface area contributed by atoms with Gasteiger partial charge < -0.3 is 11.6 Å². The first-order valence-electron chi connectivity index (χ1n) is 2.59. The molecule has 0 radical (unpaired) electrons. The molecule has 4 heteroatoms. The summed E-state index contributed by atoms with van der Waals surface area (Å²) in [6.07, 6.45) is -0.122. The smallest absolute Gasteiger partial charge is 1.00 e. The Morgan fingerprint density at radius 2 is 2.22 bits per heavy atom. The Balaban J connectivity index is -0.000000245. The van der Waals surface area contributed by atoms with Gasteiger partial charge in [-0.15, -0.1) is 0 Å². The molecule has 1 atom stereocenters. The van der Waals surface area contributed by atoms with E-state index < -0.39 is 12.1 Å². The maximum absolute atomic E-state index is 9.84. The van der Waals surface area contributed by atoms with Crippen molar-refractivity contribution >= 4 is 5.97 Å². The second kappa shape index (κ2) is 6.55. The fraction of sp³-hybridized carbons (Fsp3) is 0.800. The van der Waals surface area contributed by atoms with Crippen LogP contribution in [-0.4, -0.2) is 22.3 Å². The van der Waals surface area contributed by atoms with Crippen molar-refractivity contribution in [1.82, 2.24) is 0 Å². The molecular weight excluding hydrogens is 131 g/mol. The molecule has 0 bridgehead atoms. The molecule has 0 spiro atoms. The van der Waals surface area contributed by atoms with Gasteiger partial charge in [0.05, 0.1) is 0 Å². The van der Waals surface area contributed by atoms with Gasteiger partial charge in [-0.05, 0) is 6.42 Å². The number of carboxylic acid groups (broad SMARTS) is 1. The van der Waals surface area contributed by atoms with Gasteiger partial charge in [-0.1, -0.05) is 13.3 Å². The van der Waals surface area contributed by atoms with E-state index in [1.807, 2.05) is 6.92 Å². The molecule has 0 aliphatic rings. The Hall–Kier alpha value is 0.430. The van der Waals surface area contributed by atoms with Crippen molar-refractivity contribution < 1.29 is 46.0 Å². The van der Waals surface area contributed by atoms with Gasteiger partial charge in [0.25, 0.3) is 0 Å². The SMILES string of the molecule is CCCC(O)C(=O)O.[H-].[Na+]. The summed E-state index contributed by atoms with van der Waals surface area (Å²) in [5.41, 5.74) is 0. The predicted octanol–water partition coefficient (Wildman–Crippen LogP) is -2.65. The third-order valence-corrected chi connectivity index (χ3v) is 0.847. The topological polar surface area (TPSA) is 57.5 Å². The van der Waals surface area contributed by atoms with E-state index in [-0.39, 0.29) is 31.0 Å². The predicted molar refractivity (Wildman–Crippen MR) is 29.7 cm³/mol. The van der Waals surface area contributed by atoms with Crippen LogP contribution >= 0.6 is 0 Å². The standard InChI is InChI=1S/C5H10O3.Na.H/c1-2-3-4(6)5(7)8;;/h4,6H,2-3H2,1H3,(H,7,8);;/q;+1;-1. The zero-order valence-corrected chi connectivity index (χ0v) is 7.79. The molecule has 0 aliphatic carbocycles. The molecule has 0 fully saturated rings. The van der Waals surface area contributed by atoms with Gasteiger partial charge in [0, 0.05) is 0 Å². The van der Waals surface area contributed by atoms with Gasteiger partial charge in [0.15, 0.2) is 6.10 Å². The number of aliphatic hydroxyl groups excluding tert-OH is 1. The number of hydrogen-bond donors (Lipinski definition) is 2. The normalized spacial score (nSPS) is 11.8. The zero-order valence-electron chi connectivity index (χ0n) is 6.79. The van der Waals surface area contributed by atoms with Gasteiger partial charge in [-0.25, -0.2) is 4.79 Å². The average Bonchev–Trinajstić information content (AvgIpc) is 1.67. The molecule has 0 rings (SSSR count). The molecule has 0 saturated heterocycles. The average molecular weight is 142 g/mol. The number of carbonyl (C=O) groups is 1. The molecule has 0 heterocycles. The molecule has 9 heavy (non-hydrogen) atoms. The Labute approximate surface area is 77.8 Å². The monoisotopic (exact) mass is 142 g/mol. The van der Waals surface area contributed by atoms with Crippen molar-refractivity contribution in [3.63, 3.8) is 0 Å². The van der Waals surface area contributed by atoms with E-state index in [1.54, 1.807) is 0 Å². The van der Waals surface area contributed by atoms with Crippen LogP contribution in [0.25, 0.3) is 0 Å². The van der Waals surface area contributed by atoms with E-state index >= 15 is 0 Å². The van der Waals surface area contributed by atoms with Crippen LogP contribution in [0, 0.1) is 0 Å². The summed E-state index contributed by atoms with van der Waals surface area (Å²) in [5.74, 6) is -1.13. The Morgan fingerprint density at radius 1 is 1.78 bits per heavy atom. The van der Waals surface area contributed by atoms with Crippen molar-refractivity contribution in [2.45, 2.75) is 25.9 Å². The summed E-state index contributed by atoms with van der Waals surface area (Å²) in [7, 11) is 0. The van der Waals surface area contributed by atoms with Gasteiger partial charge in [-0.2, -0.15) is 0 Å². The van der Waals surface area contributed by atoms with Crippen LogP contribution in [0.15, 0.2) is 0 Å².